The lowest BCUT2D eigenvalue weighted by atomic mass is 9.98. The van der Waals surface area contributed by atoms with Crippen LogP contribution < -0.4 is 10.6 Å². The van der Waals surface area contributed by atoms with E-state index in [1.165, 1.54) is 0 Å². The molecule has 0 aliphatic carbocycles. The normalized spacial score (nSPS) is 12.8. The summed E-state index contributed by atoms with van der Waals surface area (Å²) in [6, 6.07) is 8.73. The monoisotopic (exact) mass is 419 g/mol. The van der Waals surface area contributed by atoms with Crippen LogP contribution in [0.3, 0.4) is 0 Å². The molecule has 0 saturated heterocycles. The summed E-state index contributed by atoms with van der Waals surface area (Å²) in [4.78, 5) is 24.9. The number of amides is 2. The van der Waals surface area contributed by atoms with Gasteiger partial charge in [-0.3, -0.25) is 9.89 Å². The summed E-state index contributed by atoms with van der Waals surface area (Å²) in [5.74, 6) is 0.505. The smallest absolute Gasteiger partial charge is 0.408 e. The Bertz CT molecular complexity index is 849. The number of aromatic amines is 1. The van der Waals surface area contributed by atoms with Crippen molar-refractivity contribution in [2.24, 2.45) is 5.92 Å². The zero-order valence-corrected chi connectivity index (χ0v) is 17.9. The Kier molecular flexibility index (Phi) is 8.85. The SMILES string of the molecule is CC[C@H](C)[C@H](NC(=O)OCc1ccccc1)C(=O)NCCc1n[nH]c(=S)n1CC. The Morgan fingerprint density at radius 2 is 2.00 bits per heavy atom. The van der Waals surface area contributed by atoms with Gasteiger partial charge in [0.2, 0.25) is 5.91 Å². The maximum absolute atomic E-state index is 12.7. The van der Waals surface area contributed by atoms with E-state index in [4.69, 9.17) is 17.0 Å². The Balaban J connectivity index is 1.88. The second-order valence-corrected chi connectivity index (χ2v) is 7.19. The number of carbonyl (C=O) groups is 2. The Labute approximate surface area is 176 Å². The van der Waals surface area contributed by atoms with E-state index < -0.39 is 12.1 Å². The molecule has 2 atom stereocenters. The molecule has 0 fully saturated rings. The molecule has 0 bridgehead atoms. The van der Waals surface area contributed by atoms with E-state index in [9.17, 15) is 9.59 Å². The minimum Gasteiger partial charge on any atom is -0.445 e. The van der Waals surface area contributed by atoms with Crippen LogP contribution in [0.25, 0.3) is 0 Å². The van der Waals surface area contributed by atoms with Crippen molar-refractivity contribution in [2.75, 3.05) is 6.54 Å². The summed E-state index contributed by atoms with van der Waals surface area (Å²) in [6.45, 7) is 7.14. The van der Waals surface area contributed by atoms with Crippen LogP contribution in [-0.4, -0.2) is 39.4 Å². The number of rotatable bonds is 10. The first-order valence-corrected chi connectivity index (χ1v) is 10.3. The van der Waals surface area contributed by atoms with Gasteiger partial charge >= 0.3 is 6.09 Å². The molecule has 8 nitrogen and oxygen atoms in total. The van der Waals surface area contributed by atoms with Crippen LogP contribution in [0, 0.1) is 10.7 Å². The van der Waals surface area contributed by atoms with Gasteiger partial charge < -0.3 is 19.9 Å². The third-order valence-electron chi connectivity index (χ3n) is 4.78. The molecule has 0 aliphatic heterocycles. The highest BCUT2D eigenvalue weighted by molar-refractivity contribution is 7.71. The number of nitrogens with zero attached hydrogens (tertiary/aromatic N) is 2. The number of ether oxygens (including phenoxy) is 1. The maximum Gasteiger partial charge on any atom is 0.408 e. The van der Waals surface area contributed by atoms with E-state index in [0.717, 1.165) is 17.8 Å². The van der Waals surface area contributed by atoms with Gasteiger partial charge in [-0.05, 0) is 30.6 Å². The van der Waals surface area contributed by atoms with Crippen molar-refractivity contribution in [3.63, 3.8) is 0 Å². The Morgan fingerprint density at radius 3 is 2.66 bits per heavy atom. The second-order valence-electron chi connectivity index (χ2n) is 6.80. The van der Waals surface area contributed by atoms with Crippen LogP contribution in [0.4, 0.5) is 4.79 Å². The first-order valence-electron chi connectivity index (χ1n) is 9.85. The fourth-order valence-corrected chi connectivity index (χ4v) is 3.15. The minimum atomic E-state index is -0.671. The molecule has 2 aromatic rings. The van der Waals surface area contributed by atoms with Gasteiger partial charge in [0.1, 0.15) is 18.5 Å². The van der Waals surface area contributed by atoms with Gasteiger partial charge in [-0.25, -0.2) is 4.79 Å². The van der Waals surface area contributed by atoms with Crippen molar-refractivity contribution < 1.29 is 14.3 Å². The molecule has 1 aromatic carbocycles. The van der Waals surface area contributed by atoms with Gasteiger partial charge in [0.15, 0.2) is 4.77 Å². The summed E-state index contributed by atoms with van der Waals surface area (Å²) in [7, 11) is 0. The van der Waals surface area contributed by atoms with Gasteiger partial charge in [0.25, 0.3) is 0 Å². The molecule has 1 aromatic heterocycles. The summed E-state index contributed by atoms with van der Waals surface area (Å²) in [5.41, 5.74) is 0.886. The number of nitrogens with one attached hydrogen (secondary N) is 3. The number of aromatic nitrogens is 3. The number of alkyl carbamates (subject to hydrolysis) is 1. The van der Waals surface area contributed by atoms with Crippen molar-refractivity contribution in [1.82, 2.24) is 25.4 Å². The van der Waals surface area contributed by atoms with E-state index in [1.807, 2.05) is 55.7 Å². The van der Waals surface area contributed by atoms with Crippen molar-refractivity contribution in [3.05, 3.63) is 46.5 Å². The first kappa shape index (κ1) is 22.6. The van der Waals surface area contributed by atoms with Gasteiger partial charge in [-0.1, -0.05) is 50.6 Å². The zero-order chi connectivity index (χ0) is 21.2. The Hall–Kier alpha value is -2.68. The van der Waals surface area contributed by atoms with Crippen LogP contribution in [0.5, 0.6) is 0 Å². The quantitative estimate of drug-likeness (QED) is 0.514. The molecule has 0 radical (unpaired) electrons. The molecule has 2 amide bonds. The highest BCUT2D eigenvalue weighted by atomic mass is 32.1. The number of carbonyl (C=O) groups excluding carboxylic acids is 2. The molecule has 29 heavy (non-hydrogen) atoms. The molecule has 9 heteroatoms. The van der Waals surface area contributed by atoms with E-state index in [0.29, 0.717) is 24.3 Å². The van der Waals surface area contributed by atoms with Crippen molar-refractivity contribution in [2.45, 2.75) is 52.8 Å². The third kappa shape index (κ3) is 6.70. The van der Waals surface area contributed by atoms with E-state index in [1.54, 1.807) is 0 Å². The Morgan fingerprint density at radius 1 is 1.28 bits per heavy atom. The summed E-state index contributed by atoms with van der Waals surface area (Å²) >= 11 is 5.17. The predicted octanol–water partition coefficient (Wildman–Crippen LogP) is 2.96. The molecular formula is C20H29N5O3S. The van der Waals surface area contributed by atoms with E-state index in [2.05, 4.69) is 20.8 Å². The summed E-state index contributed by atoms with van der Waals surface area (Å²) in [6.07, 6.45) is 0.672. The highest BCUT2D eigenvalue weighted by Gasteiger charge is 2.26. The number of H-pyrrole nitrogens is 1. The standard InChI is InChI=1S/C20H29N5O3S/c1-4-14(3)17(22-20(27)28-13-15-9-7-6-8-10-15)18(26)21-12-11-16-23-24-19(29)25(16)5-2/h6-10,14,17H,4-5,11-13H2,1-3H3,(H,21,26)(H,22,27)(H,24,29)/t14-,17-/m0/s1. The molecule has 0 aliphatic rings. The zero-order valence-electron chi connectivity index (χ0n) is 17.1. The van der Waals surface area contributed by atoms with Gasteiger partial charge in [-0.15, -0.1) is 0 Å². The fraction of sp³-hybridized carbons (Fsp3) is 0.500. The summed E-state index contributed by atoms with van der Waals surface area (Å²) < 4.78 is 7.70. The number of benzene rings is 1. The molecule has 158 valence electrons. The topological polar surface area (TPSA) is 101 Å². The van der Waals surface area contributed by atoms with Crippen molar-refractivity contribution in [3.8, 4) is 0 Å². The molecular weight excluding hydrogens is 390 g/mol. The average molecular weight is 420 g/mol. The van der Waals surface area contributed by atoms with E-state index in [-0.39, 0.29) is 18.4 Å². The summed E-state index contributed by atoms with van der Waals surface area (Å²) in [5, 5.41) is 12.5. The van der Waals surface area contributed by atoms with Crippen LogP contribution >= 0.6 is 12.2 Å². The van der Waals surface area contributed by atoms with Crippen LogP contribution in [0.2, 0.25) is 0 Å². The largest absolute Gasteiger partial charge is 0.445 e. The lowest BCUT2D eigenvalue weighted by molar-refractivity contribution is -0.124. The van der Waals surface area contributed by atoms with Crippen LogP contribution in [-0.2, 0) is 29.1 Å². The first-order chi connectivity index (χ1) is 14.0. The molecule has 0 saturated carbocycles. The highest BCUT2D eigenvalue weighted by Crippen LogP contribution is 2.09. The molecule has 2 rings (SSSR count). The van der Waals surface area contributed by atoms with E-state index >= 15 is 0 Å². The molecule has 0 spiro atoms. The average Bonchev–Trinajstić information content (AvgIpc) is 3.09. The number of hydrogen-bond acceptors (Lipinski definition) is 5. The number of hydrogen-bond donors (Lipinski definition) is 3. The minimum absolute atomic E-state index is 0.0375. The predicted molar refractivity (Wildman–Crippen MR) is 113 cm³/mol. The third-order valence-corrected chi connectivity index (χ3v) is 5.09. The molecule has 0 unspecified atom stereocenters. The molecule has 3 N–H and O–H groups in total. The fourth-order valence-electron chi connectivity index (χ4n) is 2.87. The van der Waals surface area contributed by atoms with Crippen LogP contribution in [0.15, 0.2) is 30.3 Å². The van der Waals surface area contributed by atoms with Gasteiger partial charge in [-0.2, -0.15) is 5.10 Å². The maximum atomic E-state index is 12.7. The second kappa shape index (κ2) is 11.4. The van der Waals surface area contributed by atoms with Crippen molar-refractivity contribution in [1.29, 1.82) is 0 Å². The van der Waals surface area contributed by atoms with Gasteiger partial charge in [0, 0.05) is 19.5 Å². The van der Waals surface area contributed by atoms with Gasteiger partial charge in [0.05, 0.1) is 0 Å². The van der Waals surface area contributed by atoms with Crippen molar-refractivity contribution >= 4 is 24.2 Å². The molecule has 1 heterocycles. The lowest BCUT2D eigenvalue weighted by Gasteiger charge is -2.23. The van der Waals surface area contributed by atoms with Crippen LogP contribution in [0.1, 0.15) is 38.6 Å². The lowest BCUT2D eigenvalue weighted by Crippen LogP contribution is -2.50.